The molecular weight excluding hydrogens is 228 g/mol. The normalized spacial score (nSPS) is 15.7. The number of amides is 2. The summed E-state index contributed by atoms with van der Waals surface area (Å²) < 4.78 is 5.56. The average Bonchev–Trinajstić information content (AvgIpc) is 2.17. The number of primary amides is 1. The predicted octanol–water partition coefficient (Wildman–Crippen LogP) is 1.73. The number of halogens is 1. The fourth-order valence-electron chi connectivity index (χ4n) is 1.62. The van der Waals surface area contributed by atoms with E-state index in [1.165, 1.54) is 0 Å². The van der Waals surface area contributed by atoms with Gasteiger partial charge in [-0.05, 0) is 12.1 Å². The fraction of sp³-hybridized carbons (Fsp3) is 0.364. The second kappa shape index (κ2) is 4.61. The van der Waals surface area contributed by atoms with Gasteiger partial charge >= 0.3 is 6.03 Å². The molecule has 2 amide bonds. The molecule has 0 aromatic heterocycles. The molecule has 1 aliphatic rings. The molecule has 1 aromatic rings. The minimum Gasteiger partial charge on any atom is -0.492 e. The van der Waals surface area contributed by atoms with Gasteiger partial charge in [0.1, 0.15) is 5.75 Å². The third-order valence-corrected chi connectivity index (χ3v) is 2.89. The monoisotopic (exact) mass is 240 g/mol. The van der Waals surface area contributed by atoms with Gasteiger partial charge in [0, 0.05) is 19.0 Å². The Labute approximate surface area is 98.9 Å². The molecule has 1 aliphatic heterocycles. The minimum atomic E-state index is -0.367. The molecule has 0 atom stereocenters. The van der Waals surface area contributed by atoms with Crippen LogP contribution in [0.25, 0.3) is 0 Å². The number of para-hydroxylation sites is 1. The van der Waals surface area contributed by atoms with E-state index >= 15 is 0 Å². The number of nitrogens with zero attached hydrogens (tertiary/aromatic N) is 1. The Morgan fingerprint density at radius 1 is 1.50 bits per heavy atom. The molecule has 0 aliphatic carbocycles. The molecule has 2 rings (SSSR count). The number of urea groups is 1. The first-order chi connectivity index (χ1) is 7.66. The topological polar surface area (TPSA) is 55.6 Å². The van der Waals surface area contributed by atoms with Crippen molar-refractivity contribution >= 4 is 17.6 Å². The zero-order valence-electron chi connectivity index (χ0n) is 8.73. The number of likely N-dealkylation sites (tertiary alicyclic amines) is 1. The highest BCUT2D eigenvalue weighted by Crippen LogP contribution is 2.24. The number of carbonyl (C=O) groups excluding carboxylic acids is 1. The van der Waals surface area contributed by atoms with Crippen molar-refractivity contribution in [1.29, 1.82) is 0 Å². The maximum Gasteiger partial charge on any atom is 0.314 e. The lowest BCUT2D eigenvalue weighted by Gasteiger charge is -2.37. The van der Waals surface area contributed by atoms with Crippen LogP contribution in [0.5, 0.6) is 5.75 Å². The second-order valence-corrected chi connectivity index (χ2v) is 4.26. The van der Waals surface area contributed by atoms with Gasteiger partial charge in [0.05, 0.1) is 11.6 Å². The van der Waals surface area contributed by atoms with Gasteiger partial charge in [0.25, 0.3) is 0 Å². The van der Waals surface area contributed by atoms with E-state index in [0.29, 0.717) is 36.4 Å². The molecule has 0 unspecified atom stereocenters. The zero-order chi connectivity index (χ0) is 11.5. The lowest BCUT2D eigenvalue weighted by molar-refractivity contribution is 0.0903. The molecule has 86 valence electrons. The third-order valence-electron chi connectivity index (χ3n) is 2.58. The number of nitrogens with two attached hydrogens (primary N) is 1. The summed E-state index contributed by atoms with van der Waals surface area (Å²) in [7, 11) is 0. The van der Waals surface area contributed by atoms with Crippen molar-refractivity contribution in [2.45, 2.75) is 0 Å². The van der Waals surface area contributed by atoms with Gasteiger partial charge in [-0.15, -0.1) is 0 Å². The molecule has 4 nitrogen and oxygen atoms in total. The fourth-order valence-corrected chi connectivity index (χ4v) is 1.81. The Kier molecular flexibility index (Phi) is 3.19. The van der Waals surface area contributed by atoms with E-state index in [9.17, 15) is 4.79 Å². The molecule has 1 saturated heterocycles. The molecule has 0 spiro atoms. The van der Waals surface area contributed by atoms with E-state index < -0.39 is 0 Å². The van der Waals surface area contributed by atoms with E-state index in [-0.39, 0.29) is 6.03 Å². The van der Waals surface area contributed by atoms with Crippen LogP contribution in [0, 0.1) is 5.92 Å². The van der Waals surface area contributed by atoms with Crippen LogP contribution in [-0.2, 0) is 0 Å². The molecule has 5 heteroatoms. The van der Waals surface area contributed by atoms with Gasteiger partial charge in [0.2, 0.25) is 0 Å². The van der Waals surface area contributed by atoms with E-state index in [2.05, 4.69) is 0 Å². The molecule has 1 fully saturated rings. The molecule has 2 N–H and O–H groups in total. The molecule has 1 heterocycles. The van der Waals surface area contributed by atoms with Gasteiger partial charge in [0.15, 0.2) is 0 Å². The van der Waals surface area contributed by atoms with Gasteiger partial charge in [-0.2, -0.15) is 0 Å². The van der Waals surface area contributed by atoms with Crippen LogP contribution < -0.4 is 10.5 Å². The Morgan fingerprint density at radius 3 is 2.81 bits per heavy atom. The lowest BCUT2D eigenvalue weighted by atomic mass is 10.0. The van der Waals surface area contributed by atoms with Crippen molar-refractivity contribution in [3.8, 4) is 5.75 Å². The highest BCUT2D eigenvalue weighted by Gasteiger charge is 2.29. The van der Waals surface area contributed by atoms with E-state index in [4.69, 9.17) is 22.1 Å². The van der Waals surface area contributed by atoms with Crippen LogP contribution in [0.1, 0.15) is 0 Å². The number of benzene rings is 1. The van der Waals surface area contributed by atoms with Crippen molar-refractivity contribution in [1.82, 2.24) is 4.90 Å². The molecular formula is C11H13ClN2O2. The Hall–Kier alpha value is -1.42. The first kappa shape index (κ1) is 11.1. The van der Waals surface area contributed by atoms with Crippen LogP contribution in [0.3, 0.4) is 0 Å². The smallest absolute Gasteiger partial charge is 0.314 e. The Morgan fingerprint density at radius 2 is 2.19 bits per heavy atom. The Bertz CT molecular complexity index is 391. The number of carbonyl (C=O) groups is 1. The Balaban J connectivity index is 1.78. The van der Waals surface area contributed by atoms with Crippen LogP contribution in [0.4, 0.5) is 4.79 Å². The van der Waals surface area contributed by atoms with Gasteiger partial charge in [-0.1, -0.05) is 23.7 Å². The van der Waals surface area contributed by atoms with Crippen LogP contribution in [-0.4, -0.2) is 30.6 Å². The highest BCUT2D eigenvalue weighted by molar-refractivity contribution is 6.32. The van der Waals surface area contributed by atoms with Crippen molar-refractivity contribution in [3.63, 3.8) is 0 Å². The summed E-state index contributed by atoms with van der Waals surface area (Å²) in [5.74, 6) is 1.03. The standard InChI is InChI=1S/C11H13ClN2O2/c12-9-3-1-2-4-10(9)16-7-8-5-14(6-8)11(13)15/h1-4,8H,5-7H2,(H2,13,15). The van der Waals surface area contributed by atoms with Crippen molar-refractivity contribution < 1.29 is 9.53 Å². The lowest BCUT2D eigenvalue weighted by Crippen LogP contribution is -2.54. The highest BCUT2D eigenvalue weighted by atomic mass is 35.5. The summed E-state index contributed by atoms with van der Waals surface area (Å²) in [4.78, 5) is 12.3. The summed E-state index contributed by atoms with van der Waals surface area (Å²) in [5, 5.41) is 0.605. The van der Waals surface area contributed by atoms with Crippen molar-refractivity contribution in [2.75, 3.05) is 19.7 Å². The number of hydrogen-bond acceptors (Lipinski definition) is 2. The zero-order valence-corrected chi connectivity index (χ0v) is 9.48. The van der Waals surface area contributed by atoms with Gasteiger partial charge in [-0.25, -0.2) is 4.79 Å². The van der Waals surface area contributed by atoms with Gasteiger partial charge in [-0.3, -0.25) is 0 Å². The summed E-state index contributed by atoms with van der Waals surface area (Å²) >= 11 is 5.94. The summed E-state index contributed by atoms with van der Waals surface area (Å²) in [6, 6.07) is 6.97. The molecule has 0 radical (unpaired) electrons. The maximum absolute atomic E-state index is 10.7. The molecule has 16 heavy (non-hydrogen) atoms. The first-order valence-electron chi connectivity index (χ1n) is 5.08. The largest absolute Gasteiger partial charge is 0.492 e. The first-order valence-corrected chi connectivity index (χ1v) is 5.46. The van der Waals surface area contributed by atoms with Crippen LogP contribution in [0.2, 0.25) is 5.02 Å². The molecule has 1 aromatic carbocycles. The molecule has 0 saturated carbocycles. The minimum absolute atomic E-state index is 0.351. The second-order valence-electron chi connectivity index (χ2n) is 3.85. The number of hydrogen-bond donors (Lipinski definition) is 1. The van der Waals surface area contributed by atoms with Gasteiger partial charge < -0.3 is 15.4 Å². The van der Waals surface area contributed by atoms with E-state index in [1.54, 1.807) is 11.0 Å². The maximum atomic E-state index is 10.7. The average molecular weight is 241 g/mol. The number of rotatable bonds is 3. The third kappa shape index (κ3) is 2.39. The molecule has 0 bridgehead atoms. The van der Waals surface area contributed by atoms with Crippen LogP contribution in [0.15, 0.2) is 24.3 Å². The number of ether oxygens (including phenoxy) is 1. The summed E-state index contributed by atoms with van der Waals surface area (Å²) in [6.07, 6.45) is 0. The quantitative estimate of drug-likeness (QED) is 0.875. The summed E-state index contributed by atoms with van der Waals surface area (Å²) in [6.45, 7) is 1.90. The summed E-state index contributed by atoms with van der Waals surface area (Å²) in [5.41, 5.74) is 5.12. The van der Waals surface area contributed by atoms with Crippen molar-refractivity contribution in [2.24, 2.45) is 11.7 Å². The SMILES string of the molecule is NC(=O)N1CC(COc2ccccc2Cl)C1. The van der Waals surface area contributed by atoms with E-state index in [0.717, 1.165) is 0 Å². The predicted molar refractivity (Wildman–Crippen MR) is 61.6 cm³/mol. The van der Waals surface area contributed by atoms with Crippen molar-refractivity contribution in [3.05, 3.63) is 29.3 Å². The van der Waals surface area contributed by atoms with Crippen LogP contribution >= 0.6 is 11.6 Å². The van der Waals surface area contributed by atoms with E-state index in [1.807, 2.05) is 18.2 Å².